The first-order valence-corrected chi connectivity index (χ1v) is 7.18. The fraction of sp³-hybridized carbons (Fsp3) is 1.00. The summed E-state index contributed by atoms with van der Waals surface area (Å²) in [6, 6.07) is 0. The minimum absolute atomic E-state index is 0.0721. The van der Waals surface area contributed by atoms with E-state index in [1.54, 1.807) is 13.8 Å². The van der Waals surface area contributed by atoms with E-state index >= 15 is 0 Å². The Hall–Kier alpha value is -0.240. The summed E-state index contributed by atoms with van der Waals surface area (Å²) in [5.41, 5.74) is 0. The lowest BCUT2D eigenvalue weighted by molar-refractivity contribution is -0.293. The van der Waals surface area contributed by atoms with Crippen molar-refractivity contribution in [1.29, 1.82) is 0 Å². The maximum Gasteiger partial charge on any atom is 0.188 e. The molecule has 2 rings (SSSR count). The van der Waals surface area contributed by atoms with Gasteiger partial charge in [-0.3, -0.25) is 0 Å². The topological polar surface area (TPSA) is 77.4 Å². The third kappa shape index (κ3) is 5.63. The summed E-state index contributed by atoms with van der Waals surface area (Å²) in [4.78, 5) is 0. The largest absolute Gasteiger partial charge is 0.391 e. The molecule has 0 aromatic heterocycles. The van der Waals surface area contributed by atoms with Gasteiger partial charge in [0.2, 0.25) is 0 Å². The van der Waals surface area contributed by atoms with Crippen molar-refractivity contribution in [1.82, 2.24) is 0 Å². The van der Waals surface area contributed by atoms with Crippen LogP contribution in [0.3, 0.4) is 0 Å². The van der Waals surface area contributed by atoms with Crippen molar-refractivity contribution < 1.29 is 29.2 Å². The number of hydrogen-bond donors (Lipinski definition) is 2. The molecule has 0 spiro atoms. The zero-order chi connectivity index (χ0) is 15.2. The summed E-state index contributed by atoms with van der Waals surface area (Å²) in [7, 11) is 0. The second kappa shape index (κ2) is 7.68. The van der Waals surface area contributed by atoms with Gasteiger partial charge in [-0.25, -0.2) is 0 Å². The normalized spacial score (nSPS) is 41.7. The Kier molecular flexibility index (Phi) is 6.84. The molecule has 4 atom stereocenters. The number of aliphatic hydroxyl groups is 2. The molecule has 0 aromatic rings. The molecule has 120 valence electrons. The van der Waals surface area contributed by atoms with Crippen molar-refractivity contribution in [2.45, 2.75) is 64.3 Å². The van der Waals surface area contributed by atoms with E-state index in [1.165, 1.54) is 0 Å². The quantitative estimate of drug-likeness (QED) is 0.792. The zero-order valence-corrected chi connectivity index (χ0v) is 12.9. The van der Waals surface area contributed by atoms with E-state index in [2.05, 4.69) is 0 Å². The highest BCUT2D eigenvalue weighted by atomic mass is 16.7. The maximum atomic E-state index is 8.82. The predicted molar refractivity (Wildman–Crippen MR) is 73.2 cm³/mol. The van der Waals surface area contributed by atoms with Crippen LogP contribution in [0.2, 0.25) is 0 Å². The van der Waals surface area contributed by atoms with Gasteiger partial charge in [-0.1, -0.05) is 0 Å². The first-order chi connectivity index (χ1) is 9.32. The Balaban J connectivity index is 0.000000200. The van der Waals surface area contributed by atoms with E-state index in [9.17, 15) is 0 Å². The van der Waals surface area contributed by atoms with Crippen LogP contribution in [-0.2, 0) is 18.9 Å². The molecule has 2 saturated heterocycles. The van der Waals surface area contributed by atoms with Gasteiger partial charge >= 0.3 is 0 Å². The van der Waals surface area contributed by atoms with Gasteiger partial charge in [-0.15, -0.1) is 0 Å². The average Bonchev–Trinajstić information content (AvgIpc) is 2.39. The number of aliphatic hydroxyl groups excluding tert-OH is 2. The van der Waals surface area contributed by atoms with Gasteiger partial charge in [0, 0.05) is 0 Å². The fourth-order valence-corrected chi connectivity index (χ4v) is 2.08. The minimum Gasteiger partial charge on any atom is -0.391 e. The van der Waals surface area contributed by atoms with Crippen molar-refractivity contribution in [3.05, 3.63) is 0 Å². The monoisotopic (exact) mass is 292 g/mol. The molecular weight excluding hydrogens is 264 g/mol. The highest BCUT2D eigenvalue weighted by molar-refractivity contribution is 4.69. The van der Waals surface area contributed by atoms with Gasteiger partial charge < -0.3 is 29.2 Å². The molecule has 2 fully saturated rings. The summed E-state index contributed by atoms with van der Waals surface area (Å²) in [6.45, 7) is 8.68. The lowest BCUT2D eigenvalue weighted by atomic mass is 10.2. The van der Waals surface area contributed by atoms with E-state index < -0.39 is 11.6 Å². The molecule has 0 amide bonds. The van der Waals surface area contributed by atoms with E-state index in [0.717, 1.165) is 12.8 Å². The second-order valence-electron chi connectivity index (χ2n) is 5.72. The SMILES string of the molecule is CC1CCOC(C)(CO)O1.CC1CCOC(C)(CO)O1. The first-order valence-electron chi connectivity index (χ1n) is 7.18. The standard InChI is InChI=1S/2C7H14O3/c2*1-6-3-4-9-7(2,5-8)10-6/h2*6,8H,3-5H2,1-2H3. The van der Waals surface area contributed by atoms with Crippen LogP contribution >= 0.6 is 0 Å². The van der Waals surface area contributed by atoms with Crippen molar-refractivity contribution >= 4 is 0 Å². The van der Waals surface area contributed by atoms with Gasteiger partial charge in [-0.2, -0.15) is 0 Å². The summed E-state index contributed by atoms with van der Waals surface area (Å²) in [5, 5.41) is 17.6. The number of ether oxygens (including phenoxy) is 4. The van der Waals surface area contributed by atoms with Crippen molar-refractivity contribution in [3.63, 3.8) is 0 Å². The summed E-state index contributed by atoms with van der Waals surface area (Å²) >= 11 is 0. The lowest BCUT2D eigenvalue weighted by Gasteiger charge is -2.35. The lowest BCUT2D eigenvalue weighted by Crippen LogP contribution is -2.44. The third-order valence-corrected chi connectivity index (χ3v) is 3.34. The van der Waals surface area contributed by atoms with Crippen LogP contribution < -0.4 is 0 Å². The Morgan fingerprint density at radius 2 is 1.20 bits per heavy atom. The Labute approximate surface area is 121 Å². The predicted octanol–water partition coefficient (Wildman–Crippen LogP) is 1.04. The van der Waals surface area contributed by atoms with Crippen LogP contribution in [0.1, 0.15) is 40.5 Å². The van der Waals surface area contributed by atoms with Crippen molar-refractivity contribution in [2.75, 3.05) is 26.4 Å². The van der Waals surface area contributed by atoms with Crippen molar-refractivity contribution in [2.24, 2.45) is 0 Å². The third-order valence-electron chi connectivity index (χ3n) is 3.34. The van der Waals surface area contributed by atoms with E-state index in [0.29, 0.717) is 13.2 Å². The van der Waals surface area contributed by atoms with Crippen molar-refractivity contribution in [3.8, 4) is 0 Å². The van der Waals surface area contributed by atoms with Crippen LogP contribution in [0.25, 0.3) is 0 Å². The average molecular weight is 292 g/mol. The van der Waals surface area contributed by atoms with Gasteiger partial charge in [0.1, 0.15) is 0 Å². The van der Waals surface area contributed by atoms with Crippen LogP contribution in [0.15, 0.2) is 0 Å². The molecule has 4 unspecified atom stereocenters. The van der Waals surface area contributed by atoms with E-state index in [4.69, 9.17) is 29.2 Å². The molecule has 6 nitrogen and oxygen atoms in total. The van der Waals surface area contributed by atoms with Crippen LogP contribution in [0.5, 0.6) is 0 Å². The molecule has 2 aliphatic rings. The smallest absolute Gasteiger partial charge is 0.188 e. The summed E-state index contributed by atoms with van der Waals surface area (Å²) < 4.78 is 21.1. The molecule has 0 aliphatic carbocycles. The number of hydrogen-bond acceptors (Lipinski definition) is 6. The zero-order valence-electron chi connectivity index (χ0n) is 12.9. The fourth-order valence-electron chi connectivity index (χ4n) is 2.08. The second-order valence-corrected chi connectivity index (χ2v) is 5.72. The van der Waals surface area contributed by atoms with Gasteiger partial charge in [0.05, 0.1) is 38.6 Å². The van der Waals surface area contributed by atoms with Crippen LogP contribution in [0, 0.1) is 0 Å². The molecule has 6 heteroatoms. The molecule has 2 aliphatic heterocycles. The summed E-state index contributed by atoms with van der Waals surface area (Å²) in [5.74, 6) is -1.50. The molecular formula is C14H28O6. The molecule has 2 heterocycles. The van der Waals surface area contributed by atoms with E-state index in [1.807, 2.05) is 13.8 Å². The highest BCUT2D eigenvalue weighted by Crippen LogP contribution is 2.22. The molecule has 2 N–H and O–H groups in total. The highest BCUT2D eigenvalue weighted by Gasteiger charge is 2.31. The Morgan fingerprint density at radius 3 is 1.40 bits per heavy atom. The first kappa shape index (κ1) is 17.8. The molecule has 20 heavy (non-hydrogen) atoms. The van der Waals surface area contributed by atoms with E-state index in [-0.39, 0.29) is 25.4 Å². The van der Waals surface area contributed by atoms with Gasteiger partial charge in [0.15, 0.2) is 11.6 Å². The molecule has 0 bridgehead atoms. The summed E-state index contributed by atoms with van der Waals surface area (Å²) in [6.07, 6.45) is 2.22. The van der Waals surface area contributed by atoms with Crippen LogP contribution in [-0.4, -0.2) is 60.4 Å². The van der Waals surface area contributed by atoms with Gasteiger partial charge in [-0.05, 0) is 40.5 Å². The maximum absolute atomic E-state index is 8.82. The van der Waals surface area contributed by atoms with Gasteiger partial charge in [0.25, 0.3) is 0 Å². The molecule has 0 aromatic carbocycles. The Morgan fingerprint density at radius 1 is 0.850 bits per heavy atom. The Bertz CT molecular complexity index is 259. The minimum atomic E-state index is -0.752. The van der Waals surface area contributed by atoms with Crippen LogP contribution in [0.4, 0.5) is 0 Å². The molecule has 0 saturated carbocycles. The molecule has 0 radical (unpaired) electrons. The number of rotatable bonds is 2.